The minimum Gasteiger partial charge on any atom is -0.368 e. The van der Waals surface area contributed by atoms with Crippen molar-refractivity contribution in [2.75, 3.05) is 18.0 Å². The molecule has 0 saturated carbocycles. The predicted molar refractivity (Wildman–Crippen MR) is 95.9 cm³/mol. The third kappa shape index (κ3) is 4.46. The lowest BCUT2D eigenvalue weighted by Gasteiger charge is -2.32. The molecule has 1 aromatic carbocycles. The minimum absolute atomic E-state index is 0.683. The number of nitrogens with zero attached hydrogens (tertiary/aromatic N) is 1. The van der Waals surface area contributed by atoms with E-state index < -0.39 is 0 Å². The van der Waals surface area contributed by atoms with E-state index in [-0.39, 0.29) is 0 Å². The highest BCUT2D eigenvalue weighted by molar-refractivity contribution is 9.10. The van der Waals surface area contributed by atoms with Crippen molar-refractivity contribution in [2.24, 2.45) is 11.8 Å². The highest BCUT2D eigenvalue weighted by atomic mass is 79.9. The summed E-state index contributed by atoms with van der Waals surface area (Å²) in [7, 11) is 0. The lowest BCUT2D eigenvalue weighted by Crippen LogP contribution is -2.34. The zero-order valence-electron chi connectivity index (χ0n) is 13.8. The lowest BCUT2D eigenvalue weighted by molar-refractivity contribution is 0.490. The van der Waals surface area contributed by atoms with Crippen LogP contribution in [-0.4, -0.2) is 19.1 Å². The molecule has 0 aliphatic carbocycles. The summed E-state index contributed by atoms with van der Waals surface area (Å²) >= 11 is 3.64. The normalized spacial score (nSPS) is 19.0. The van der Waals surface area contributed by atoms with Gasteiger partial charge < -0.3 is 10.2 Å². The molecule has 2 nitrogen and oxygen atoms in total. The Morgan fingerprint density at radius 2 is 2.05 bits per heavy atom. The van der Waals surface area contributed by atoms with E-state index >= 15 is 0 Å². The first-order chi connectivity index (χ1) is 9.99. The molecule has 1 fully saturated rings. The molecule has 0 aromatic heterocycles. The molecule has 1 heterocycles. The van der Waals surface area contributed by atoms with Crippen molar-refractivity contribution < 1.29 is 0 Å². The van der Waals surface area contributed by atoms with E-state index in [9.17, 15) is 0 Å². The third-order valence-electron chi connectivity index (χ3n) is 4.29. The highest BCUT2D eigenvalue weighted by Crippen LogP contribution is 2.33. The first-order valence-electron chi connectivity index (χ1n) is 8.24. The van der Waals surface area contributed by atoms with Crippen LogP contribution in [0.2, 0.25) is 0 Å². The molecule has 1 aromatic rings. The Kier molecular flexibility index (Phi) is 6.12. The van der Waals surface area contributed by atoms with E-state index in [0.29, 0.717) is 17.9 Å². The van der Waals surface area contributed by atoms with Crippen molar-refractivity contribution in [3.63, 3.8) is 0 Å². The van der Waals surface area contributed by atoms with Gasteiger partial charge in [-0.25, -0.2) is 0 Å². The zero-order valence-corrected chi connectivity index (χ0v) is 15.4. The summed E-state index contributed by atoms with van der Waals surface area (Å²) in [6, 6.07) is 7.41. The topological polar surface area (TPSA) is 15.3 Å². The Morgan fingerprint density at radius 3 is 2.71 bits per heavy atom. The molecule has 1 atom stereocenters. The maximum Gasteiger partial charge on any atom is 0.0425 e. The zero-order chi connectivity index (χ0) is 15.4. The molecule has 3 heteroatoms. The second kappa shape index (κ2) is 7.64. The molecular formula is C18H29BrN2. The highest BCUT2D eigenvalue weighted by Gasteiger charge is 2.28. The van der Waals surface area contributed by atoms with Gasteiger partial charge in [-0.1, -0.05) is 49.7 Å². The Morgan fingerprint density at radius 1 is 1.29 bits per heavy atom. The fourth-order valence-corrected chi connectivity index (χ4v) is 3.58. The molecule has 21 heavy (non-hydrogen) atoms. The van der Waals surface area contributed by atoms with Crippen molar-refractivity contribution in [1.82, 2.24) is 5.32 Å². The van der Waals surface area contributed by atoms with E-state index in [2.05, 4.69) is 72.0 Å². The summed E-state index contributed by atoms with van der Waals surface area (Å²) in [4.78, 5) is 2.63. The molecule has 2 rings (SSSR count). The Labute approximate surface area is 138 Å². The van der Waals surface area contributed by atoms with Crippen LogP contribution in [0, 0.1) is 11.8 Å². The molecule has 0 spiro atoms. The Hall–Kier alpha value is -0.540. The maximum atomic E-state index is 3.64. The van der Waals surface area contributed by atoms with Gasteiger partial charge in [0.2, 0.25) is 0 Å². The summed E-state index contributed by atoms with van der Waals surface area (Å²) in [6.45, 7) is 12.4. The van der Waals surface area contributed by atoms with E-state index in [0.717, 1.165) is 13.1 Å². The van der Waals surface area contributed by atoms with Gasteiger partial charge in [0.15, 0.2) is 0 Å². The van der Waals surface area contributed by atoms with Gasteiger partial charge in [0, 0.05) is 29.3 Å². The fourth-order valence-electron chi connectivity index (χ4n) is 3.23. The summed E-state index contributed by atoms with van der Waals surface area (Å²) in [6.07, 6.45) is 2.64. The van der Waals surface area contributed by atoms with Crippen LogP contribution in [0.4, 0.5) is 5.69 Å². The van der Waals surface area contributed by atoms with Crippen LogP contribution < -0.4 is 10.2 Å². The minimum atomic E-state index is 0.683. The van der Waals surface area contributed by atoms with Crippen molar-refractivity contribution in [3.05, 3.63) is 28.2 Å². The number of benzene rings is 1. The molecular weight excluding hydrogens is 324 g/mol. The first-order valence-corrected chi connectivity index (χ1v) is 9.04. The number of nitrogens with one attached hydrogen (secondary N) is 1. The molecule has 1 aliphatic heterocycles. The maximum absolute atomic E-state index is 3.64. The molecule has 0 radical (unpaired) electrons. The second-order valence-electron chi connectivity index (χ2n) is 6.94. The van der Waals surface area contributed by atoms with Crippen LogP contribution in [-0.2, 0) is 6.54 Å². The molecule has 1 saturated heterocycles. The van der Waals surface area contributed by atoms with Gasteiger partial charge in [-0.05, 0) is 48.9 Å². The Balaban J connectivity index is 2.18. The molecule has 1 unspecified atom stereocenters. The molecule has 0 bridgehead atoms. The number of hydrogen-bond donors (Lipinski definition) is 1. The largest absolute Gasteiger partial charge is 0.368 e. The van der Waals surface area contributed by atoms with Crippen molar-refractivity contribution in [3.8, 4) is 0 Å². The van der Waals surface area contributed by atoms with Gasteiger partial charge in [-0.3, -0.25) is 0 Å². The van der Waals surface area contributed by atoms with Crippen LogP contribution in [0.25, 0.3) is 0 Å². The van der Waals surface area contributed by atoms with Crippen LogP contribution in [0.3, 0.4) is 0 Å². The molecule has 0 amide bonds. The van der Waals surface area contributed by atoms with E-state index in [4.69, 9.17) is 0 Å². The smallest absolute Gasteiger partial charge is 0.0425 e. The second-order valence-corrected chi connectivity index (χ2v) is 7.86. The van der Waals surface area contributed by atoms with Crippen molar-refractivity contribution >= 4 is 21.6 Å². The third-order valence-corrected chi connectivity index (χ3v) is 4.79. The van der Waals surface area contributed by atoms with Gasteiger partial charge in [0.05, 0.1) is 0 Å². The van der Waals surface area contributed by atoms with Gasteiger partial charge >= 0.3 is 0 Å². The van der Waals surface area contributed by atoms with Gasteiger partial charge in [-0.2, -0.15) is 0 Å². The monoisotopic (exact) mass is 352 g/mol. The van der Waals surface area contributed by atoms with Crippen LogP contribution in [0.5, 0.6) is 0 Å². The number of rotatable bonds is 6. The summed E-state index contributed by atoms with van der Waals surface area (Å²) in [5, 5.41) is 3.59. The Bertz CT molecular complexity index is 457. The molecule has 1 N–H and O–H groups in total. The summed E-state index contributed by atoms with van der Waals surface area (Å²) < 4.78 is 1.18. The quantitative estimate of drug-likeness (QED) is 0.789. The van der Waals surface area contributed by atoms with Gasteiger partial charge in [-0.15, -0.1) is 0 Å². The van der Waals surface area contributed by atoms with E-state index in [1.807, 2.05) is 0 Å². The standard InChI is InChI=1S/C18H29BrN2/c1-13(2)11-20-12-15-7-8-16(19)10-18(15)21-9-5-6-17(21)14(3)4/h7-8,10,13-14,17,20H,5-6,9,11-12H2,1-4H3. The fraction of sp³-hybridized carbons (Fsp3) is 0.667. The average molecular weight is 353 g/mol. The number of hydrogen-bond acceptors (Lipinski definition) is 2. The predicted octanol–water partition coefficient (Wildman–Crippen LogP) is 4.82. The number of halogens is 1. The van der Waals surface area contributed by atoms with Crippen LogP contribution in [0.15, 0.2) is 22.7 Å². The van der Waals surface area contributed by atoms with E-state index in [1.165, 1.54) is 35.1 Å². The molecule has 1 aliphatic rings. The van der Waals surface area contributed by atoms with Gasteiger partial charge in [0.25, 0.3) is 0 Å². The SMILES string of the molecule is CC(C)CNCc1ccc(Br)cc1N1CCCC1C(C)C. The van der Waals surface area contributed by atoms with E-state index in [1.54, 1.807) is 0 Å². The summed E-state index contributed by atoms with van der Waals surface area (Å²) in [5.41, 5.74) is 2.84. The first kappa shape index (κ1) is 16.8. The van der Waals surface area contributed by atoms with Crippen molar-refractivity contribution in [2.45, 2.75) is 53.1 Å². The van der Waals surface area contributed by atoms with Gasteiger partial charge in [0.1, 0.15) is 0 Å². The van der Waals surface area contributed by atoms with Crippen LogP contribution in [0.1, 0.15) is 46.1 Å². The molecule has 118 valence electrons. The van der Waals surface area contributed by atoms with Crippen molar-refractivity contribution in [1.29, 1.82) is 0 Å². The summed E-state index contributed by atoms with van der Waals surface area (Å²) in [5.74, 6) is 1.40. The van der Waals surface area contributed by atoms with Crippen LogP contribution >= 0.6 is 15.9 Å². The number of anilines is 1. The lowest BCUT2D eigenvalue weighted by atomic mass is 10.0. The average Bonchev–Trinajstić information content (AvgIpc) is 2.89.